The van der Waals surface area contributed by atoms with Gasteiger partial charge in [-0.2, -0.15) is 0 Å². The minimum atomic E-state index is -0.478. The molecule has 1 heterocycles. The number of hydrogen-bond acceptors (Lipinski definition) is 3. The lowest BCUT2D eigenvalue weighted by molar-refractivity contribution is 0.161. The van der Waals surface area contributed by atoms with Crippen LogP contribution in [0.15, 0.2) is 12.1 Å². The lowest BCUT2D eigenvalue weighted by Gasteiger charge is -2.35. The molecule has 0 aromatic heterocycles. The number of hydrogen-bond donors (Lipinski definition) is 2. The fourth-order valence-corrected chi connectivity index (χ4v) is 2.75. The maximum Gasteiger partial charge on any atom is 0.168 e. The van der Waals surface area contributed by atoms with Gasteiger partial charge in [-0.25, -0.2) is 4.39 Å². The third-order valence-electron chi connectivity index (χ3n) is 3.85. The monoisotopic (exact) mass is 266 g/mol. The van der Waals surface area contributed by atoms with Gasteiger partial charge < -0.3 is 10.4 Å². The highest BCUT2D eigenvalue weighted by Crippen LogP contribution is 2.35. The van der Waals surface area contributed by atoms with Gasteiger partial charge in [-0.1, -0.05) is 25.5 Å². The number of phenols is 1. The Morgan fingerprint density at radius 1 is 1.37 bits per heavy atom. The number of nitrogens with zero attached hydrogens (tertiary/aromatic N) is 1. The van der Waals surface area contributed by atoms with Crippen molar-refractivity contribution in [1.82, 2.24) is 10.2 Å². The van der Waals surface area contributed by atoms with E-state index in [9.17, 15) is 9.50 Å². The number of benzene rings is 1. The number of phenolic OH excluding ortho intramolecular Hbond substituents is 1. The van der Waals surface area contributed by atoms with E-state index in [1.807, 2.05) is 6.07 Å². The molecule has 2 rings (SSSR count). The average molecular weight is 266 g/mol. The number of nitrogens with one attached hydrogen (secondary N) is 1. The first-order chi connectivity index (χ1) is 9.15. The van der Waals surface area contributed by atoms with E-state index in [0.717, 1.165) is 44.6 Å². The van der Waals surface area contributed by atoms with Crippen molar-refractivity contribution >= 4 is 0 Å². The zero-order valence-electron chi connectivity index (χ0n) is 11.7. The van der Waals surface area contributed by atoms with Crippen LogP contribution in [0.2, 0.25) is 0 Å². The topological polar surface area (TPSA) is 35.5 Å². The maximum absolute atomic E-state index is 13.9. The summed E-state index contributed by atoms with van der Waals surface area (Å²) in [5.74, 6) is -0.647. The minimum Gasteiger partial charge on any atom is -0.505 e. The van der Waals surface area contributed by atoms with Gasteiger partial charge in [0.2, 0.25) is 0 Å². The average Bonchev–Trinajstić information content (AvgIpc) is 2.44. The van der Waals surface area contributed by atoms with Gasteiger partial charge in [-0.05, 0) is 18.9 Å². The molecule has 1 aliphatic rings. The highest BCUT2D eigenvalue weighted by Gasteiger charge is 2.25. The summed E-state index contributed by atoms with van der Waals surface area (Å²) in [5.41, 5.74) is 1.23. The lowest BCUT2D eigenvalue weighted by Crippen LogP contribution is -2.45. The Bertz CT molecular complexity index is 430. The van der Waals surface area contributed by atoms with Gasteiger partial charge in [-0.15, -0.1) is 0 Å². The van der Waals surface area contributed by atoms with E-state index < -0.39 is 5.82 Å². The third-order valence-corrected chi connectivity index (χ3v) is 3.85. The van der Waals surface area contributed by atoms with Crippen LogP contribution in [0.5, 0.6) is 5.75 Å². The van der Waals surface area contributed by atoms with Gasteiger partial charge in [0.15, 0.2) is 11.6 Å². The van der Waals surface area contributed by atoms with Crippen molar-refractivity contribution in [2.24, 2.45) is 0 Å². The van der Waals surface area contributed by atoms with Gasteiger partial charge in [0, 0.05) is 37.8 Å². The largest absolute Gasteiger partial charge is 0.505 e. The summed E-state index contributed by atoms with van der Waals surface area (Å²) in [4.78, 5) is 2.34. The van der Waals surface area contributed by atoms with Gasteiger partial charge in [-0.3, -0.25) is 4.90 Å². The summed E-state index contributed by atoms with van der Waals surface area (Å²) < 4.78 is 13.9. The fourth-order valence-electron chi connectivity index (χ4n) is 2.75. The standard InChI is InChI=1S/C15H23FN2O/c1-3-4-13(18-9-7-17-8-10-18)12-6-5-11(2)14(16)15(12)19/h5-6,13,17,19H,3-4,7-10H2,1-2H3/t13-/m1/s1. The molecule has 19 heavy (non-hydrogen) atoms. The SMILES string of the molecule is CCC[C@H](c1ccc(C)c(F)c1O)N1CCNCC1. The molecule has 1 aliphatic heterocycles. The molecule has 1 saturated heterocycles. The Labute approximate surface area is 114 Å². The molecule has 0 radical (unpaired) electrons. The first kappa shape index (κ1) is 14.3. The van der Waals surface area contributed by atoms with Crippen LogP contribution in [-0.4, -0.2) is 36.2 Å². The highest BCUT2D eigenvalue weighted by molar-refractivity contribution is 5.40. The van der Waals surface area contributed by atoms with E-state index in [0.29, 0.717) is 5.56 Å². The molecular formula is C15H23FN2O. The third kappa shape index (κ3) is 3.07. The Kier molecular flexibility index (Phi) is 4.77. The molecule has 106 valence electrons. The van der Waals surface area contributed by atoms with Gasteiger partial charge >= 0.3 is 0 Å². The number of piperazine rings is 1. The van der Waals surface area contributed by atoms with Crippen molar-refractivity contribution in [3.05, 3.63) is 29.1 Å². The number of rotatable bonds is 4. The van der Waals surface area contributed by atoms with Crippen LogP contribution >= 0.6 is 0 Å². The summed E-state index contributed by atoms with van der Waals surface area (Å²) >= 11 is 0. The van der Waals surface area contributed by atoms with Crippen LogP contribution in [0.3, 0.4) is 0 Å². The summed E-state index contributed by atoms with van der Waals surface area (Å²) in [6.45, 7) is 7.60. The molecule has 0 unspecified atom stereocenters. The summed E-state index contributed by atoms with van der Waals surface area (Å²) in [7, 11) is 0. The molecule has 3 nitrogen and oxygen atoms in total. The molecule has 1 atom stereocenters. The van der Waals surface area contributed by atoms with Gasteiger partial charge in [0.1, 0.15) is 0 Å². The quantitative estimate of drug-likeness (QED) is 0.879. The first-order valence-corrected chi connectivity index (χ1v) is 7.08. The van der Waals surface area contributed by atoms with Crippen LogP contribution in [0, 0.1) is 12.7 Å². The number of aryl methyl sites for hydroxylation is 1. The van der Waals surface area contributed by atoms with Crippen molar-refractivity contribution in [3.63, 3.8) is 0 Å². The molecule has 0 amide bonds. The molecule has 1 fully saturated rings. The number of aromatic hydroxyl groups is 1. The Morgan fingerprint density at radius 2 is 2.05 bits per heavy atom. The van der Waals surface area contributed by atoms with E-state index in [4.69, 9.17) is 0 Å². The van der Waals surface area contributed by atoms with E-state index in [1.165, 1.54) is 0 Å². The highest BCUT2D eigenvalue weighted by atomic mass is 19.1. The van der Waals surface area contributed by atoms with Crippen molar-refractivity contribution in [2.45, 2.75) is 32.7 Å². The Balaban J connectivity index is 2.30. The molecule has 0 spiro atoms. The summed E-state index contributed by atoms with van der Waals surface area (Å²) in [6.07, 6.45) is 1.96. The molecule has 4 heteroatoms. The predicted molar refractivity (Wildman–Crippen MR) is 74.9 cm³/mol. The van der Waals surface area contributed by atoms with Crippen LogP contribution in [-0.2, 0) is 0 Å². The first-order valence-electron chi connectivity index (χ1n) is 7.08. The molecule has 0 aliphatic carbocycles. The van der Waals surface area contributed by atoms with E-state index in [2.05, 4.69) is 17.1 Å². The van der Waals surface area contributed by atoms with Crippen molar-refractivity contribution in [1.29, 1.82) is 0 Å². The fraction of sp³-hybridized carbons (Fsp3) is 0.600. The van der Waals surface area contributed by atoms with E-state index in [1.54, 1.807) is 13.0 Å². The second kappa shape index (κ2) is 6.35. The second-order valence-electron chi connectivity index (χ2n) is 5.22. The molecule has 1 aromatic carbocycles. The van der Waals surface area contributed by atoms with Crippen molar-refractivity contribution in [3.8, 4) is 5.75 Å². The Hall–Kier alpha value is -1.13. The van der Waals surface area contributed by atoms with Crippen LogP contribution in [0.25, 0.3) is 0 Å². The normalized spacial score (nSPS) is 18.5. The zero-order chi connectivity index (χ0) is 13.8. The smallest absolute Gasteiger partial charge is 0.168 e. The molecule has 0 saturated carbocycles. The Morgan fingerprint density at radius 3 is 2.68 bits per heavy atom. The van der Waals surface area contributed by atoms with Crippen LogP contribution in [0.1, 0.15) is 36.9 Å². The van der Waals surface area contributed by atoms with E-state index >= 15 is 0 Å². The lowest BCUT2D eigenvalue weighted by atomic mass is 9.97. The summed E-state index contributed by atoms with van der Waals surface area (Å²) in [5, 5.41) is 13.4. The predicted octanol–water partition coefficient (Wildman–Crippen LogP) is 2.59. The zero-order valence-corrected chi connectivity index (χ0v) is 11.7. The maximum atomic E-state index is 13.9. The minimum absolute atomic E-state index is 0.113. The van der Waals surface area contributed by atoms with Crippen molar-refractivity contribution < 1.29 is 9.50 Å². The second-order valence-corrected chi connectivity index (χ2v) is 5.22. The van der Waals surface area contributed by atoms with Crippen molar-refractivity contribution in [2.75, 3.05) is 26.2 Å². The van der Waals surface area contributed by atoms with Gasteiger partial charge in [0.25, 0.3) is 0 Å². The van der Waals surface area contributed by atoms with E-state index in [-0.39, 0.29) is 11.8 Å². The summed E-state index contributed by atoms with van der Waals surface area (Å²) in [6, 6.07) is 3.74. The molecule has 1 aromatic rings. The van der Waals surface area contributed by atoms with Gasteiger partial charge in [0.05, 0.1) is 0 Å². The number of halogens is 1. The van der Waals surface area contributed by atoms with Crippen LogP contribution in [0.4, 0.5) is 4.39 Å². The van der Waals surface area contributed by atoms with Crippen LogP contribution < -0.4 is 5.32 Å². The molecule has 0 bridgehead atoms. The molecule has 2 N–H and O–H groups in total. The molecular weight excluding hydrogens is 243 g/mol.